The van der Waals surface area contributed by atoms with Crippen molar-refractivity contribution in [2.75, 3.05) is 11.4 Å². The molecule has 13 heteroatoms. The van der Waals surface area contributed by atoms with Crippen molar-refractivity contribution >= 4 is 23.5 Å². The molecule has 1 aliphatic rings. The Labute approximate surface area is 132 Å². The molecule has 1 heterocycles. The fraction of sp³-hybridized carbons (Fsp3) is 0.250. The molecule has 0 N–H and O–H groups in total. The lowest BCUT2D eigenvalue weighted by atomic mass is 10.2. The van der Waals surface area contributed by atoms with Crippen molar-refractivity contribution < 1.29 is 49.5 Å². The largest absolute Gasteiger partial charge is 0.406 e. The SMILES string of the molecule is O=C1CC(=O)N(c2c(F)c(F)c(F)c(F)c2F)C(=O)N1CC(F)(F)F. The molecule has 25 heavy (non-hydrogen) atoms. The highest BCUT2D eigenvalue weighted by molar-refractivity contribution is 6.26. The predicted molar refractivity (Wildman–Crippen MR) is 61.5 cm³/mol. The average molecular weight is 376 g/mol. The van der Waals surface area contributed by atoms with Crippen LogP contribution in [0.25, 0.3) is 0 Å². The summed E-state index contributed by atoms with van der Waals surface area (Å²) in [5.74, 6) is -16.3. The molecule has 0 unspecified atom stereocenters. The Morgan fingerprint density at radius 1 is 0.760 bits per heavy atom. The van der Waals surface area contributed by atoms with Gasteiger partial charge >= 0.3 is 12.2 Å². The van der Waals surface area contributed by atoms with Gasteiger partial charge in [-0.25, -0.2) is 31.6 Å². The van der Waals surface area contributed by atoms with Gasteiger partial charge in [-0.2, -0.15) is 13.2 Å². The Hall–Kier alpha value is -2.73. The smallest absolute Gasteiger partial charge is 0.274 e. The summed E-state index contributed by atoms with van der Waals surface area (Å²) >= 11 is 0. The first-order valence-corrected chi connectivity index (χ1v) is 6.12. The third kappa shape index (κ3) is 3.13. The van der Waals surface area contributed by atoms with Crippen LogP contribution in [-0.2, 0) is 9.59 Å². The highest BCUT2D eigenvalue weighted by Crippen LogP contribution is 2.33. The lowest BCUT2D eigenvalue weighted by Crippen LogP contribution is -2.58. The maximum atomic E-state index is 13.7. The summed E-state index contributed by atoms with van der Waals surface area (Å²) in [6.07, 6.45) is -6.57. The molecule has 1 saturated heterocycles. The normalized spacial score (nSPS) is 16.1. The minimum atomic E-state index is -5.13. The second-order valence-corrected chi connectivity index (χ2v) is 4.70. The molecule has 5 nitrogen and oxygen atoms in total. The zero-order valence-corrected chi connectivity index (χ0v) is 11.6. The van der Waals surface area contributed by atoms with Gasteiger partial charge in [0.05, 0.1) is 0 Å². The molecule has 1 aromatic carbocycles. The van der Waals surface area contributed by atoms with Gasteiger partial charge in [0.15, 0.2) is 23.3 Å². The fourth-order valence-electron chi connectivity index (χ4n) is 1.98. The molecule has 0 spiro atoms. The lowest BCUT2D eigenvalue weighted by Gasteiger charge is -2.33. The van der Waals surface area contributed by atoms with Crippen LogP contribution in [0.4, 0.5) is 45.6 Å². The summed E-state index contributed by atoms with van der Waals surface area (Å²) in [7, 11) is 0. The summed E-state index contributed by atoms with van der Waals surface area (Å²) in [6, 6.07) is -2.19. The van der Waals surface area contributed by atoms with E-state index >= 15 is 0 Å². The van der Waals surface area contributed by atoms with Crippen LogP contribution < -0.4 is 4.90 Å². The number of carbonyl (C=O) groups excluding carboxylic acids is 3. The topological polar surface area (TPSA) is 57.7 Å². The Balaban J connectivity index is 2.61. The van der Waals surface area contributed by atoms with E-state index in [1.165, 1.54) is 0 Å². The van der Waals surface area contributed by atoms with E-state index < -0.39 is 81.6 Å². The number of amides is 4. The molecule has 1 aromatic rings. The Morgan fingerprint density at radius 3 is 1.64 bits per heavy atom. The van der Waals surface area contributed by atoms with Crippen molar-refractivity contribution in [3.8, 4) is 0 Å². The number of benzene rings is 1. The zero-order chi connectivity index (χ0) is 19.3. The molecule has 0 atom stereocenters. The van der Waals surface area contributed by atoms with Crippen molar-refractivity contribution in [1.29, 1.82) is 0 Å². The molecule has 0 radical (unpaired) electrons. The monoisotopic (exact) mass is 376 g/mol. The summed E-state index contributed by atoms with van der Waals surface area (Å²) in [6.45, 7) is -2.22. The van der Waals surface area contributed by atoms with Crippen molar-refractivity contribution in [2.24, 2.45) is 0 Å². The van der Waals surface area contributed by atoms with Gasteiger partial charge in [-0.1, -0.05) is 0 Å². The maximum Gasteiger partial charge on any atom is 0.406 e. The van der Waals surface area contributed by atoms with Gasteiger partial charge in [-0.15, -0.1) is 0 Å². The molecule has 1 aliphatic heterocycles. The van der Waals surface area contributed by atoms with Gasteiger partial charge in [-0.3, -0.25) is 14.5 Å². The molecule has 0 aromatic heterocycles. The van der Waals surface area contributed by atoms with Gasteiger partial charge in [0.25, 0.3) is 0 Å². The van der Waals surface area contributed by atoms with Crippen molar-refractivity contribution in [3.63, 3.8) is 0 Å². The molecule has 2 rings (SSSR count). The van der Waals surface area contributed by atoms with Crippen LogP contribution >= 0.6 is 0 Å². The first-order valence-electron chi connectivity index (χ1n) is 6.12. The Kier molecular flexibility index (Phi) is 4.44. The lowest BCUT2D eigenvalue weighted by molar-refractivity contribution is -0.157. The predicted octanol–water partition coefficient (Wildman–Crippen LogP) is 2.63. The standard InChI is InChI=1S/C12H4F8N2O3/c13-5-6(14)8(16)10(9(17)7(5)15)22-4(24)1-3(23)21(11(22)25)2-12(18,19)20/h1-2H2. The second kappa shape index (κ2) is 5.97. The first-order chi connectivity index (χ1) is 11.4. The number of barbiturate groups is 1. The summed E-state index contributed by atoms with van der Waals surface area (Å²) in [4.78, 5) is 33.6. The van der Waals surface area contributed by atoms with Gasteiger partial charge < -0.3 is 0 Å². The number of imide groups is 2. The van der Waals surface area contributed by atoms with Crippen LogP contribution in [0.1, 0.15) is 6.42 Å². The summed E-state index contributed by atoms with van der Waals surface area (Å²) < 4.78 is 104. The van der Waals surface area contributed by atoms with Crippen molar-refractivity contribution in [1.82, 2.24) is 4.90 Å². The zero-order valence-electron chi connectivity index (χ0n) is 11.6. The number of hydrogen-bond acceptors (Lipinski definition) is 3. The van der Waals surface area contributed by atoms with E-state index in [1.807, 2.05) is 0 Å². The van der Waals surface area contributed by atoms with Crippen LogP contribution in [0.2, 0.25) is 0 Å². The van der Waals surface area contributed by atoms with E-state index in [0.717, 1.165) is 0 Å². The molecule has 4 amide bonds. The quantitative estimate of drug-likeness (QED) is 0.345. The van der Waals surface area contributed by atoms with Gasteiger partial charge in [0.2, 0.25) is 17.6 Å². The summed E-state index contributed by atoms with van der Waals surface area (Å²) in [5, 5.41) is 0. The number of carbonyl (C=O) groups is 3. The van der Waals surface area contributed by atoms with E-state index in [-0.39, 0.29) is 0 Å². The number of hydrogen-bond donors (Lipinski definition) is 0. The average Bonchev–Trinajstić information content (AvgIpc) is 2.49. The van der Waals surface area contributed by atoms with Crippen molar-refractivity contribution in [2.45, 2.75) is 12.6 Å². The highest BCUT2D eigenvalue weighted by Gasteiger charge is 2.46. The van der Waals surface area contributed by atoms with E-state index in [1.54, 1.807) is 0 Å². The Morgan fingerprint density at radius 2 is 1.20 bits per heavy atom. The second-order valence-electron chi connectivity index (χ2n) is 4.70. The molecule has 0 saturated carbocycles. The van der Waals surface area contributed by atoms with Gasteiger partial charge in [-0.05, 0) is 0 Å². The molecule has 1 fully saturated rings. The highest BCUT2D eigenvalue weighted by atomic mass is 19.4. The molecule has 0 aliphatic carbocycles. The van der Waals surface area contributed by atoms with Crippen LogP contribution in [0, 0.1) is 29.1 Å². The van der Waals surface area contributed by atoms with Crippen molar-refractivity contribution in [3.05, 3.63) is 29.1 Å². The molecule has 0 bridgehead atoms. The van der Waals surface area contributed by atoms with Crippen LogP contribution in [0.3, 0.4) is 0 Å². The number of anilines is 1. The third-order valence-electron chi connectivity index (χ3n) is 3.02. The third-order valence-corrected chi connectivity index (χ3v) is 3.02. The van der Waals surface area contributed by atoms with E-state index in [9.17, 15) is 49.5 Å². The minimum Gasteiger partial charge on any atom is -0.274 e. The molecular weight excluding hydrogens is 372 g/mol. The van der Waals surface area contributed by atoms with E-state index in [2.05, 4.69) is 0 Å². The maximum absolute atomic E-state index is 13.7. The van der Waals surface area contributed by atoms with E-state index in [4.69, 9.17) is 0 Å². The minimum absolute atomic E-state index is 0.584. The van der Waals surface area contributed by atoms with E-state index in [0.29, 0.717) is 0 Å². The Bertz CT molecular complexity index is 763. The number of nitrogens with zero attached hydrogens (tertiary/aromatic N) is 2. The number of rotatable bonds is 2. The van der Waals surface area contributed by atoms with Crippen LogP contribution in [0.15, 0.2) is 0 Å². The summed E-state index contributed by atoms with van der Waals surface area (Å²) in [5.41, 5.74) is -2.06. The van der Waals surface area contributed by atoms with Crippen LogP contribution in [-0.4, -0.2) is 35.5 Å². The molecular formula is C12H4F8N2O3. The number of urea groups is 1. The number of halogens is 8. The molecule has 136 valence electrons. The fourth-order valence-corrected chi connectivity index (χ4v) is 1.98. The van der Waals surface area contributed by atoms with Gasteiger partial charge in [0.1, 0.15) is 18.7 Å². The first kappa shape index (κ1) is 18.6. The van der Waals surface area contributed by atoms with Gasteiger partial charge in [0, 0.05) is 0 Å². The number of alkyl halides is 3. The van der Waals surface area contributed by atoms with Crippen LogP contribution in [0.5, 0.6) is 0 Å².